The van der Waals surface area contributed by atoms with E-state index in [-0.39, 0.29) is 36.1 Å². The molecule has 0 saturated carbocycles. The predicted octanol–water partition coefficient (Wildman–Crippen LogP) is 1.31. The molecule has 10 heteroatoms. The average Bonchev–Trinajstić information content (AvgIpc) is 2.84. The van der Waals surface area contributed by atoms with Gasteiger partial charge in [-0.15, -0.1) is 24.0 Å². The summed E-state index contributed by atoms with van der Waals surface area (Å²) < 4.78 is 28.2. The summed E-state index contributed by atoms with van der Waals surface area (Å²) in [5.41, 5.74) is -0.510. The number of halogens is 1. The highest BCUT2D eigenvalue weighted by atomic mass is 127. The molecule has 152 valence electrons. The van der Waals surface area contributed by atoms with Crippen LogP contribution >= 0.6 is 24.0 Å². The van der Waals surface area contributed by atoms with Gasteiger partial charge in [0.15, 0.2) is 15.8 Å². The van der Waals surface area contributed by atoms with Crippen molar-refractivity contribution in [1.82, 2.24) is 15.1 Å². The number of carbonyl (C=O) groups is 1. The first kappa shape index (κ1) is 23.3. The second-order valence-electron chi connectivity index (χ2n) is 8.32. The Morgan fingerprint density at radius 3 is 2.42 bits per heavy atom. The van der Waals surface area contributed by atoms with Gasteiger partial charge in [-0.05, 0) is 34.6 Å². The quantitative estimate of drug-likeness (QED) is 0.586. The van der Waals surface area contributed by atoms with E-state index in [1.54, 1.807) is 18.7 Å². The molecule has 2 rings (SSSR count). The Kier molecular flexibility index (Phi) is 7.22. The zero-order chi connectivity index (χ0) is 19.0. The van der Waals surface area contributed by atoms with Crippen molar-refractivity contribution in [2.24, 2.45) is 4.99 Å². The average molecular weight is 502 g/mol. The van der Waals surface area contributed by atoms with Crippen LogP contribution in [0.3, 0.4) is 0 Å². The van der Waals surface area contributed by atoms with Crippen LogP contribution in [0.5, 0.6) is 0 Å². The molecule has 0 aromatic carbocycles. The lowest BCUT2D eigenvalue weighted by atomic mass is 10.2. The van der Waals surface area contributed by atoms with Crippen LogP contribution < -0.4 is 5.32 Å². The molecule has 0 spiro atoms. The first-order chi connectivity index (χ1) is 11.3. The maximum Gasteiger partial charge on any atom is 0.410 e. The van der Waals surface area contributed by atoms with Gasteiger partial charge in [0.25, 0.3) is 0 Å². The third-order valence-corrected chi connectivity index (χ3v) is 6.69. The molecule has 26 heavy (non-hydrogen) atoms. The van der Waals surface area contributed by atoms with Crippen LogP contribution in [-0.2, 0) is 14.6 Å². The number of aliphatic imine (C=N–C) groups is 1. The van der Waals surface area contributed by atoms with Gasteiger partial charge in [0.05, 0.1) is 17.3 Å². The minimum Gasteiger partial charge on any atom is -0.444 e. The summed E-state index contributed by atoms with van der Waals surface area (Å²) in [4.78, 5) is 20.5. The molecular formula is C16H31IN4O4S. The fourth-order valence-corrected chi connectivity index (χ4v) is 2.98. The largest absolute Gasteiger partial charge is 0.444 e. The number of piperazine rings is 1. The molecule has 1 fully saturated rings. The number of amides is 1. The van der Waals surface area contributed by atoms with Crippen molar-refractivity contribution in [2.45, 2.75) is 51.0 Å². The fourth-order valence-electron chi connectivity index (χ4n) is 2.65. The minimum absolute atomic E-state index is 0. The lowest BCUT2D eigenvalue weighted by Gasteiger charge is -2.39. The van der Waals surface area contributed by atoms with Crippen LogP contribution in [0.1, 0.15) is 34.6 Å². The fraction of sp³-hybridized carbons (Fsp3) is 0.875. The molecule has 1 saturated heterocycles. The Morgan fingerprint density at radius 1 is 1.27 bits per heavy atom. The van der Waals surface area contributed by atoms with Crippen LogP contribution in [-0.4, -0.2) is 85.6 Å². The number of carbonyl (C=O) groups excluding carboxylic acids is 1. The predicted molar refractivity (Wildman–Crippen MR) is 113 cm³/mol. The number of fused-ring (bicyclic) bond motifs is 1. The zero-order valence-corrected chi connectivity index (χ0v) is 19.6. The van der Waals surface area contributed by atoms with E-state index in [2.05, 4.69) is 15.2 Å². The number of nitrogens with one attached hydrogen (secondary N) is 1. The Bertz CT molecular complexity index is 658. The van der Waals surface area contributed by atoms with Gasteiger partial charge in [0.2, 0.25) is 0 Å². The third kappa shape index (κ3) is 5.61. The van der Waals surface area contributed by atoms with Gasteiger partial charge in [-0.25, -0.2) is 13.2 Å². The Labute approximate surface area is 173 Å². The number of guanidine groups is 1. The van der Waals surface area contributed by atoms with Crippen molar-refractivity contribution >= 4 is 45.9 Å². The monoisotopic (exact) mass is 502 g/mol. The molecule has 0 aliphatic carbocycles. The van der Waals surface area contributed by atoms with E-state index in [9.17, 15) is 13.2 Å². The summed E-state index contributed by atoms with van der Waals surface area (Å²) in [7, 11) is -3.17. The Balaban J connectivity index is 0.00000338. The van der Waals surface area contributed by atoms with Crippen molar-refractivity contribution in [3.05, 3.63) is 0 Å². The van der Waals surface area contributed by atoms with Crippen molar-refractivity contribution in [1.29, 1.82) is 0 Å². The van der Waals surface area contributed by atoms with E-state index < -0.39 is 20.2 Å². The number of ether oxygens (including phenoxy) is 1. The lowest BCUT2D eigenvalue weighted by molar-refractivity contribution is 0.0137. The molecule has 1 unspecified atom stereocenters. The molecule has 2 heterocycles. The number of sulfone groups is 1. The molecule has 0 bridgehead atoms. The van der Waals surface area contributed by atoms with E-state index >= 15 is 0 Å². The standard InChI is InChI=1S/C16H30N4O4S.HI/c1-15(2,3)24-14(21)19-7-8-20-12(10-19)9-17-13(20)18-11-16(4,5)25(6,22)23;/h12H,7-11H2,1-6H3,(H,17,18);1H. The van der Waals surface area contributed by atoms with Gasteiger partial charge < -0.3 is 19.9 Å². The van der Waals surface area contributed by atoms with E-state index in [1.807, 2.05) is 20.8 Å². The maximum atomic E-state index is 12.2. The van der Waals surface area contributed by atoms with Gasteiger partial charge in [-0.2, -0.15) is 0 Å². The van der Waals surface area contributed by atoms with Crippen LogP contribution in [0.15, 0.2) is 4.99 Å². The van der Waals surface area contributed by atoms with Gasteiger partial charge >= 0.3 is 6.09 Å². The van der Waals surface area contributed by atoms with E-state index in [1.165, 1.54) is 6.26 Å². The summed E-state index contributed by atoms with van der Waals surface area (Å²) in [6, 6.07) is 0.102. The summed E-state index contributed by atoms with van der Waals surface area (Å²) in [5, 5.41) is 3.17. The molecule has 1 amide bonds. The summed E-state index contributed by atoms with van der Waals surface area (Å²) in [6.45, 7) is 11.6. The maximum absolute atomic E-state index is 12.2. The molecule has 0 radical (unpaired) electrons. The van der Waals surface area contributed by atoms with Crippen LogP contribution in [0, 0.1) is 0 Å². The van der Waals surface area contributed by atoms with E-state index in [4.69, 9.17) is 4.74 Å². The summed E-state index contributed by atoms with van der Waals surface area (Å²) in [6.07, 6.45) is 0.944. The Hall–Kier alpha value is -0.780. The van der Waals surface area contributed by atoms with Gasteiger partial charge in [-0.1, -0.05) is 0 Å². The SMILES string of the molecule is CC(C)(C)OC(=O)N1CCN2C(NCC(C)(C)S(C)(=O)=O)=NCC2C1.I. The first-order valence-electron chi connectivity index (χ1n) is 8.53. The molecule has 8 nitrogen and oxygen atoms in total. The highest BCUT2D eigenvalue weighted by Gasteiger charge is 2.37. The van der Waals surface area contributed by atoms with Crippen LogP contribution in [0.4, 0.5) is 4.79 Å². The van der Waals surface area contributed by atoms with Crippen molar-refractivity contribution in [3.8, 4) is 0 Å². The van der Waals surface area contributed by atoms with Gasteiger partial charge in [0.1, 0.15) is 5.60 Å². The zero-order valence-electron chi connectivity index (χ0n) is 16.4. The molecule has 0 aromatic heterocycles. The molecule has 2 aliphatic heterocycles. The molecule has 1 N–H and O–H groups in total. The van der Waals surface area contributed by atoms with Crippen LogP contribution in [0.25, 0.3) is 0 Å². The highest BCUT2D eigenvalue weighted by Crippen LogP contribution is 2.19. The second kappa shape index (κ2) is 8.07. The van der Waals surface area contributed by atoms with Gasteiger partial charge in [0, 0.05) is 32.4 Å². The summed E-state index contributed by atoms with van der Waals surface area (Å²) in [5.74, 6) is 0.713. The topological polar surface area (TPSA) is 91.3 Å². The minimum atomic E-state index is -3.17. The van der Waals surface area contributed by atoms with E-state index in [0.717, 1.165) is 0 Å². The van der Waals surface area contributed by atoms with Gasteiger partial charge in [-0.3, -0.25) is 4.99 Å². The summed E-state index contributed by atoms with van der Waals surface area (Å²) >= 11 is 0. The number of rotatable bonds is 3. The smallest absolute Gasteiger partial charge is 0.410 e. The molecule has 0 aromatic rings. The van der Waals surface area contributed by atoms with E-state index in [0.29, 0.717) is 38.7 Å². The highest BCUT2D eigenvalue weighted by molar-refractivity contribution is 14.0. The number of hydrogen-bond acceptors (Lipinski definition) is 7. The molecule has 1 atom stereocenters. The normalized spacial score (nSPS) is 20.8. The first-order valence-corrected chi connectivity index (χ1v) is 10.4. The lowest BCUT2D eigenvalue weighted by Crippen LogP contribution is -2.58. The number of hydrogen-bond donors (Lipinski definition) is 1. The third-order valence-electron chi connectivity index (χ3n) is 4.53. The molecule has 2 aliphatic rings. The Morgan fingerprint density at radius 2 is 1.88 bits per heavy atom. The molecular weight excluding hydrogens is 471 g/mol. The van der Waals surface area contributed by atoms with Crippen molar-refractivity contribution < 1.29 is 17.9 Å². The van der Waals surface area contributed by atoms with Crippen molar-refractivity contribution in [3.63, 3.8) is 0 Å². The van der Waals surface area contributed by atoms with Crippen molar-refractivity contribution in [2.75, 3.05) is 39.0 Å². The van der Waals surface area contributed by atoms with Crippen LogP contribution in [0.2, 0.25) is 0 Å². The second-order valence-corrected chi connectivity index (χ2v) is 11.0. The number of nitrogens with zero attached hydrogens (tertiary/aromatic N) is 3.